The van der Waals surface area contributed by atoms with Crippen molar-refractivity contribution < 1.29 is 14.3 Å². The lowest BCUT2D eigenvalue weighted by atomic mass is 10.1. The lowest BCUT2D eigenvalue weighted by molar-refractivity contribution is -0.124. The minimum absolute atomic E-state index is 0.232. The molecule has 2 atom stereocenters. The largest absolute Gasteiger partial charge is 0.497 e. The van der Waals surface area contributed by atoms with Crippen LogP contribution in [-0.2, 0) is 9.53 Å². The Hall–Kier alpha value is -3.79. The summed E-state index contributed by atoms with van der Waals surface area (Å²) in [5, 5.41) is 6.68. The Labute approximate surface area is 239 Å². The van der Waals surface area contributed by atoms with E-state index in [0.717, 1.165) is 11.3 Å². The highest BCUT2D eigenvalue weighted by Crippen LogP contribution is 2.33. The number of carbonyl (C=O) groups is 1. The maximum absolute atomic E-state index is 13.5. The Morgan fingerprint density at radius 2 is 1.38 bits per heavy atom. The van der Waals surface area contributed by atoms with Crippen molar-refractivity contribution in [2.24, 2.45) is 4.99 Å². The maximum atomic E-state index is 13.5. The number of ether oxygens (including phenoxy) is 2. The fourth-order valence-electron chi connectivity index (χ4n) is 4.46. The van der Waals surface area contributed by atoms with Crippen LogP contribution in [0.25, 0.3) is 0 Å². The van der Waals surface area contributed by atoms with Gasteiger partial charge in [0, 0.05) is 17.5 Å². The Kier molecular flexibility index (Phi) is 9.87. The third-order valence-electron chi connectivity index (χ3n) is 6.19. The second-order valence-electron chi connectivity index (χ2n) is 10.4. The molecule has 0 aliphatic heterocycles. The highest BCUT2D eigenvalue weighted by atomic mass is 31.1. The van der Waals surface area contributed by atoms with Gasteiger partial charge in [-0.25, -0.2) is 0 Å². The van der Waals surface area contributed by atoms with Crippen LogP contribution in [0.15, 0.2) is 114 Å². The second-order valence-corrected chi connectivity index (χ2v) is 12.6. The summed E-state index contributed by atoms with van der Waals surface area (Å²) in [7, 11) is 0.784. The summed E-state index contributed by atoms with van der Waals surface area (Å²) < 4.78 is 11.5. The van der Waals surface area contributed by atoms with Gasteiger partial charge in [0.15, 0.2) is 6.04 Å². The van der Waals surface area contributed by atoms with Crippen LogP contribution in [-0.4, -0.2) is 37.0 Å². The molecule has 1 N–H and O–H groups in total. The molecule has 1 amide bonds. The molecule has 0 heterocycles. The zero-order valence-electron chi connectivity index (χ0n) is 23.7. The molecule has 0 aliphatic carbocycles. The number of benzene rings is 4. The average molecular weight is 553 g/mol. The van der Waals surface area contributed by atoms with Gasteiger partial charge in [-0.1, -0.05) is 84.9 Å². The molecule has 0 aromatic heterocycles. The van der Waals surface area contributed by atoms with Gasteiger partial charge in [0.1, 0.15) is 5.75 Å². The SMILES string of the molecule is COc1ccc(NC(=O)[C@@H](N=Cc2ccccc2P(c2ccccc2)c2ccccc2)[C@H](C)OC(C)(C)C)cc1. The zero-order chi connectivity index (χ0) is 28.5. The van der Waals surface area contributed by atoms with Crippen molar-refractivity contribution in [2.45, 2.75) is 45.4 Å². The van der Waals surface area contributed by atoms with Crippen LogP contribution in [0.2, 0.25) is 0 Å². The van der Waals surface area contributed by atoms with Gasteiger partial charge in [-0.3, -0.25) is 9.79 Å². The van der Waals surface area contributed by atoms with E-state index in [1.54, 1.807) is 7.11 Å². The van der Waals surface area contributed by atoms with Crippen LogP contribution in [0.1, 0.15) is 33.3 Å². The number of aliphatic imine (C=N–C) groups is 1. The Morgan fingerprint density at radius 3 is 1.93 bits per heavy atom. The molecule has 6 heteroatoms. The van der Waals surface area contributed by atoms with Crippen LogP contribution in [0.3, 0.4) is 0 Å². The minimum atomic E-state index is -0.830. The van der Waals surface area contributed by atoms with Gasteiger partial charge < -0.3 is 14.8 Å². The molecule has 0 saturated carbocycles. The predicted molar refractivity (Wildman–Crippen MR) is 168 cm³/mol. The summed E-state index contributed by atoms with van der Waals surface area (Å²) in [4.78, 5) is 18.4. The monoisotopic (exact) mass is 552 g/mol. The van der Waals surface area contributed by atoms with E-state index in [1.807, 2.05) is 76.4 Å². The summed E-state index contributed by atoms with van der Waals surface area (Å²) in [5.74, 6) is 0.492. The molecule has 4 aromatic carbocycles. The number of hydrogen-bond donors (Lipinski definition) is 1. The minimum Gasteiger partial charge on any atom is -0.497 e. The molecular weight excluding hydrogens is 515 g/mol. The molecule has 5 nitrogen and oxygen atoms in total. The summed E-state index contributed by atoms with van der Waals surface area (Å²) in [5.41, 5.74) is 1.22. The first-order valence-electron chi connectivity index (χ1n) is 13.4. The van der Waals surface area contributed by atoms with E-state index in [9.17, 15) is 4.79 Å². The number of nitrogens with one attached hydrogen (secondary N) is 1. The predicted octanol–water partition coefficient (Wildman–Crippen LogP) is 6.08. The van der Waals surface area contributed by atoms with Crippen molar-refractivity contribution in [3.8, 4) is 5.75 Å². The molecule has 0 unspecified atom stereocenters. The molecule has 4 aromatic rings. The number of amides is 1. The highest BCUT2D eigenvalue weighted by molar-refractivity contribution is 7.80. The Balaban J connectivity index is 1.70. The van der Waals surface area contributed by atoms with E-state index in [1.165, 1.54) is 15.9 Å². The first-order chi connectivity index (χ1) is 19.2. The number of carbonyl (C=O) groups excluding carboxylic acids is 1. The van der Waals surface area contributed by atoms with Crippen LogP contribution in [0, 0.1) is 0 Å². The fraction of sp³-hybridized carbons (Fsp3) is 0.235. The molecular formula is C34H37N2O3P. The average Bonchev–Trinajstić information content (AvgIpc) is 2.95. The van der Waals surface area contributed by atoms with Crippen molar-refractivity contribution in [2.75, 3.05) is 12.4 Å². The summed E-state index contributed by atoms with van der Waals surface area (Å²) in [6, 6.07) is 35.9. The third kappa shape index (κ3) is 7.88. The zero-order valence-corrected chi connectivity index (χ0v) is 24.6. The first-order valence-corrected chi connectivity index (χ1v) is 14.7. The second kappa shape index (κ2) is 13.5. The number of hydrogen-bond acceptors (Lipinski definition) is 4. The molecule has 4 rings (SSSR count). The van der Waals surface area contributed by atoms with Gasteiger partial charge in [-0.05, 0) is 75.8 Å². The number of anilines is 1. The first kappa shape index (κ1) is 29.2. The summed E-state index contributed by atoms with van der Waals surface area (Å²) in [6.07, 6.45) is 1.38. The Bertz CT molecular complexity index is 1360. The van der Waals surface area contributed by atoms with Crippen LogP contribution in [0.4, 0.5) is 5.69 Å². The molecule has 0 bridgehead atoms. The molecule has 0 saturated heterocycles. The number of nitrogens with zero attached hydrogens (tertiary/aromatic N) is 1. The van der Waals surface area contributed by atoms with Crippen LogP contribution >= 0.6 is 7.92 Å². The van der Waals surface area contributed by atoms with Gasteiger partial charge in [0.25, 0.3) is 5.91 Å². The highest BCUT2D eigenvalue weighted by Gasteiger charge is 2.29. The molecule has 0 aliphatic rings. The normalized spacial score (nSPS) is 13.2. The molecule has 0 fully saturated rings. The molecule has 0 spiro atoms. The summed E-state index contributed by atoms with van der Waals surface area (Å²) in [6.45, 7) is 7.84. The molecule has 206 valence electrons. The van der Waals surface area contributed by atoms with E-state index in [0.29, 0.717) is 5.69 Å². The van der Waals surface area contributed by atoms with Crippen molar-refractivity contribution in [1.29, 1.82) is 0 Å². The number of rotatable bonds is 10. The van der Waals surface area contributed by atoms with Crippen molar-refractivity contribution in [3.63, 3.8) is 0 Å². The van der Waals surface area contributed by atoms with Crippen molar-refractivity contribution in [1.82, 2.24) is 0 Å². The van der Waals surface area contributed by atoms with Crippen molar-refractivity contribution >= 4 is 41.6 Å². The van der Waals surface area contributed by atoms with E-state index in [-0.39, 0.29) is 5.91 Å². The smallest absolute Gasteiger partial charge is 0.251 e. The number of methoxy groups -OCH3 is 1. The summed E-state index contributed by atoms with van der Waals surface area (Å²) >= 11 is 0. The van der Waals surface area contributed by atoms with Gasteiger partial charge in [-0.2, -0.15) is 0 Å². The van der Waals surface area contributed by atoms with E-state index >= 15 is 0 Å². The quantitative estimate of drug-likeness (QED) is 0.192. The third-order valence-corrected chi connectivity index (χ3v) is 8.71. The lowest BCUT2D eigenvalue weighted by Crippen LogP contribution is -2.40. The van der Waals surface area contributed by atoms with Crippen molar-refractivity contribution in [3.05, 3.63) is 115 Å². The van der Waals surface area contributed by atoms with Gasteiger partial charge in [0.05, 0.1) is 18.8 Å². The van der Waals surface area contributed by atoms with E-state index < -0.39 is 25.7 Å². The lowest BCUT2D eigenvalue weighted by Gasteiger charge is -2.28. The van der Waals surface area contributed by atoms with E-state index in [2.05, 4.69) is 72.0 Å². The molecule has 0 radical (unpaired) electrons. The fourth-order valence-corrected chi connectivity index (χ4v) is 6.88. The van der Waals surface area contributed by atoms with Gasteiger partial charge in [0.2, 0.25) is 0 Å². The van der Waals surface area contributed by atoms with Crippen LogP contribution in [0.5, 0.6) is 5.75 Å². The molecule has 40 heavy (non-hydrogen) atoms. The standard InChI is InChI=1S/C34H37N2O3P/c1-25(39-34(2,3)4)32(33(37)36-27-20-22-28(38-5)23-21-27)35-24-26-14-12-13-19-31(26)40(29-15-8-6-9-16-29)30-17-10-7-11-18-30/h6-25,32H,1-5H3,(H,36,37)/t25-,32-/m0/s1. The maximum Gasteiger partial charge on any atom is 0.251 e. The van der Waals surface area contributed by atoms with Gasteiger partial charge >= 0.3 is 0 Å². The topological polar surface area (TPSA) is 59.9 Å². The van der Waals surface area contributed by atoms with Crippen LogP contribution < -0.4 is 26.0 Å². The van der Waals surface area contributed by atoms with Gasteiger partial charge in [-0.15, -0.1) is 0 Å². The van der Waals surface area contributed by atoms with E-state index in [4.69, 9.17) is 14.5 Å². The Morgan fingerprint density at radius 1 is 0.825 bits per heavy atom.